The number of nitrogens with one attached hydrogen (secondary N) is 2. The van der Waals surface area contributed by atoms with Gasteiger partial charge >= 0.3 is 6.18 Å². The summed E-state index contributed by atoms with van der Waals surface area (Å²) in [5.74, 6) is -2.76. The highest BCUT2D eigenvalue weighted by molar-refractivity contribution is 7.90. The topological polar surface area (TPSA) is 105 Å². The number of carbonyl (C=O) groups is 1. The van der Waals surface area contributed by atoms with Gasteiger partial charge in [-0.2, -0.15) is 18.2 Å². The van der Waals surface area contributed by atoms with E-state index in [0.29, 0.717) is 0 Å². The standard InChI is InChI=1S/C11H9F3N4O3S/c1-22(20,21)7-4-2-3-6(5-7)8(19)15-10-16-9(17-18-10)11(12,13)14/h2-5H,1H3,(H2,15,16,17,18,19). The number of sulfone groups is 1. The number of alkyl halides is 3. The Morgan fingerprint density at radius 1 is 1.32 bits per heavy atom. The van der Waals surface area contributed by atoms with Crippen LogP contribution in [0.2, 0.25) is 0 Å². The van der Waals surface area contributed by atoms with E-state index in [-0.39, 0.29) is 10.5 Å². The van der Waals surface area contributed by atoms with Crippen LogP contribution in [0.15, 0.2) is 29.2 Å². The van der Waals surface area contributed by atoms with Crippen molar-refractivity contribution in [3.8, 4) is 0 Å². The highest BCUT2D eigenvalue weighted by atomic mass is 32.2. The van der Waals surface area contributed by atoms with E-state index in [1.165, 1.54) is 18.2 Å². The summed E-state index contributed by atoms with van der Waals surface area (Å²) in [5.41, 5.74) is -0.0544. The molecule has 0 radical (unpaired) electrons. The summed E-state index contributed by atoms with van der Waals surface area (Å²) in [6, 6.07) is 5.04. The molecule has 1 amide bonds. The number of halogens is 3. The summed E-state index contributed by atoms with van der Waals surface area (Å²) in [7, 11) is -3.51. The van der Waals surface area contributed by atoms with E-state index in [1.807, 2.05) is 5.32 Å². The van der Waals surface area contributed by atoms with Crippen LogP contribution in [0.25, 0.3) is 0 Å². The van der Waals surface area contributed by atoms with Crippen LogP contribution < -0.4 is 5.32 Å². The van der Waals surface area contributed by atoms with Gasteiger partial charge in [-0.05, 0) is 18.2 Å². The van der Waals surface area contributed by atoms with E-state index in [0.717, 1.165) is 12.3 Å². The Bertz CT molecular complexity index is 814. The summed E-state index contributed by atoms with van der Waals surface area (Å²) in [6.07, 6.45) is -3.75. The lowest BCUT2D eigenvalue weighted by molar-refractivity contribution is -0.144. The molecule has 2 rings (SSSR count). The number of amides is 1. The lowest BCUT2D eigenvalue weighted by Crippen LogP contribution is -2.14. The third-order valence-electron chi connectivity index (χ3n) is 2.50. The van der Waals surface area contributed by atoms with Gasteiger partial charge in [-0.1, -0.05) is 6.07 Å². The van der Waals surface area contributed by atoms with Crippen LogP contribution in [-0.2, 0) is 16.0 Å². The van der Waals surface area contributed by atoms with Gasteiger partial charge in [-0.15, -0.1) is 5.10 Å². The Morgan fingerprint density at radius 2 is 2.00 bits per heavy atom. The first-order valence-electron chi connectivity index (χ1n) is 5.68. The summed E-state index contributed by atoms with van der Waals surface area (Å²) in [5, 5.41) is 6.90. The first-order valence-corrected chi connectivity index (χ1v) is 7.57. The molecule has 7 nitrogen and oxygen atoms in total. The first-order chi connectivity index (χ1) is 10.1. The zero-order valence-electron chi connectivity index (χ0n) is 11.0. The molecule has 0 aliphatic heterocycles. The summed E-state index contributed by atoms with van der Waals surface area (Å²) in [4.78, 5) is 14.9. The molecule has 2 N–H and O–H groups in total. The molecule has 1 aromatic heterocycles. The number of anilines is 1. The number of benzene rings is 1. The summed E-state index contributed by atoms with van der Waals surface area (Å²) >= 11 is 0. The molecule has 0 bridgehead atoms. The maximum Gasteiger partial charge on any atom is 0.451 e. The normalized spacial score (nSPS) is 12.2. The minimum atomic E-state index is -4.72. The van der Waals surface area contributed by atoms with Crippen LogP contribution >= 0.6 is 0 Å². The van der Waals surface area contributed by atoms with Crippen molar-refractivity contribution in [3.63, 3.8) is 0 Å². The van der Waals surface area contributed by atoms with Crippen LogP contribution in [0.3, 0.4) is 0 Å². The van der Waals surface area contributed by atoms with Crippen molar-refractivity contribution in [2.75, 3.05) is 11.6 Å². The monoisotopic (exact) mass is 334 g/mol. The molecular formula is C11H9F3N4O3S. The van der Waals surface area contributed by atoms with Gasteiger partial charge in [0.15, 0.2) is 9.84 Å². The van der Waals surface area contributed by atoms with Crippen LogP contribution in [-0.4, -0.2) is 35.8 Å². The highest BCUT2D eigenvalue weighted by Crippen LogP contribution is 2.26. The average Bonchev–Trinajstić information content (AvgIpc) is 2.86. The molecule has 0 atom stereocenters. The number of H-pyrrole nitrogens is 1. The van der Waals surface area contributed by atoms with Crippen molar-refractivity contribution in [1.29, 1.82) is 0 Å². The number of carbonyl (C=O) groups excluding carboxylic acids is 1. The minimum absolute atomic E-state index is 0.0544. The van der Waals surface area contributed by atoms with Crippen molar-refractivity contribution in [3.05, 3.63) is 35.7 Å². The maximum absolute atomic E-state index is 12.3. The Labute approximate surface area is 122 Å². The SMILES string of the molecule is CS(=O)(=O)c1cccc(C(=O)Nc2n[nH]c(C(F)(F)F)n2)c1. The van der Waals surface area contributed by atoms with Crippen molar-refractivity contribution in [1.82, 2.24) is 15.2 Å². The second kappa shape index (κ2) is 5.40. The molecular weight excluding hydrogens is 325 g/mol. The second-order valence-corrected chi connectivity index (χ2v) is 6.28. The minimum Gasteiger partial charge on any atom is -0.289 e. The molecule has 0 saturated carbocycles. The molecule has 22 heavy (non-hydrogen) atoms. The van der Waals surface area contributed by atoms with E-state index >= 15 is 0 Å². The van der Waals surface area contributed by atoms with Crippen molar-refractivity contribution < 1.29 is 26.4 Å². The van der Waals surface area contributed by atoms with E-state index in [2.05, 4.69) is 10.1 Å². The van der Waals surface area contributed by atoms with Crippen LogP contribution in [0.1, 0.15) is 16.2 Å². The number of rotatable bonds is 3. The molecule has 0 unspecified atom stereocenters. The quantitative estimate of drug-likeness (QED) is 0.884. The number of nitrogens with zero attached hydrogens (tertiary/aromatic N) is 2. The first kappa shape index (κ1) is 15.9. The fraction of sp³-hybridized carbons (Fsp3) is 0.182. The summed E-state index contributed by atoms with van der Waals surface area (Å²) in [6.45, 7) is 0. The number of aromatic nitrogens is 3. The molecule has 118 valence electrons. The van der Waals surface area contributed by atoms with Gasteiger partial charge in [-0.25, -0.2) is 8.42 Å². The largest absolute Gasteiger partial charge is 0.451 e. The molecule has 0 fully saturated rings. The van der Waals surface area contributed by atoms with Gasteiger partial charge < -0.3 is 0 Å². The predicted molar refractivity (Wildman–Crippen MR) is 68.9 cm³/mol. The van der Waals surface area contributed by atoms with Crippen molar-refractivity contribution in [2.24, 2.45) is 0 Å². The lowest BCUT2D eigenvalue weighted by atomic mass is 10.2. The van der Waals surface area contributed by atoms with Crippen molar-refractivity contribution in [2.45, 2.75) is 11.1 Å². The third kappa shape index (κ3) is 3.61. The zero-order chi connectivity index (χ0) is 16.5. The molecule has 0 aliphatic rings. The Balaban J connectivity index is 2.21. The molecule has 11 heteroatoms. The van der Waals surface area contributed by atoms with Gasteiger partial charge in [0.25, 0.3) is 5.91 Å². The van der Waals surface area contributed by atoms with E-state index in [9.17, 15) is 26.4 Å². The number of hydrogen-bond donors (Lipinski definition) is 2. The molecule has 2 aromatic rings. The Kier molecular flexibility index (Phi) is 3.92. The number of aromatic amines is 1. The fourth-order valence-electron chi connectivity index (χ4n) is 1.49. The lowest BCUT2D eigenvalue weighted by Gasteiger charge is -2.03. The molecule has 0 spiro atoms. The van der Waals surface area contributed by atoms with Crippen molar-refractivity contribution >= 4 is 21.7 Å². The average molecular weight is 334 g/mol. The Morgan fingerprint density at radius 3 is 2.55 bits per heavy atom. The van der Waals surface area contributed by atoms with Gasteiger partial charge in [-0.3, -0.25) is 15.2 Å². The van der Waals surface area contributed by atoms with Gasteiger partial charge in [0.1, 0.15) is 0 Å². The maximum atomic E-state index is 12.3. The number of hydrogen-bond acceptors (Lipinski definition) is 5. The van der Waals surface area contributed by atoms with Crippen LogP contribution in [0, 0.1) is 0 Å². The highest BCUT2D eigenvalue weighted by Gasteiger charge is 2.35. The van der Waals surface area contributed by atoms with Crippen LogP contribution in [0.4, 0.5) is 19.1 Å². The van der Waals surface area contributed by atoms with Crippen LogP contribution in [0.5, 0.6) is 0 Å². The third-order valence-corrected chi connectivity index (χ3v) is 3.61. The second-order valence-electron chi connectivity index (χ2n) is 4.26. The summed E-state index contributed by atoms with van der Waals surface area (Å²) < 4.78 is 59.8. The molecule has 1 heterocycles. The van der Waals surface area contributed by atoms with Gasteiger partial charge in [0, 0.05) is 11.8 Å². The molecule has 1 aromatic carbocycles. The van der Waals surface area contributed by atoms with Gasteiger partial charge in [0.2, 0.25) is 11.8 Å². The van der Waals surface area contributed by atoms with E-state index in [4.69, 9.17) is 0 Å². The smallest absolute Gasteiger partial charge is 0.289 e. The molecule has 0 aliphatic carbocycles. The van der Waals surface area contributed by atoms with E-state index < -0.39 is 33.7 Å². The molecule has 0 saturated heterocycles. The van der Waals surface area contributed by atoms with E-state index in [1.54, 1.807) is 5.10 Å². The zero-order valence-corrected chi connectivity index (χ0v) is 11.8. The predicted octanol–water partition coefficient (Wildman–Crippen LogP) is 1.48. The fourth-order valence-corrected chi connectivity index (χ4v) is 2.15. The van der Waals surface area contributed by atoms with Gasteiger partial charge in [0.05, 0.1) is 4.90 Å². The Hall–Kier alpha value is -2.43.